The molecule has 0 saturated heterocycles. The van der Waals surface area contributed by atoms with E-state index in [1.807, 2.05) is 24.3 Å². The standard InChI is InChI=1S/C16H16BrNO2/c1-20-16(19)13-7-8-14(15(17)9-13)11-18-10-12-5-3-2-4-6-12/h2-9,18H,10-11H2,1H3. The first-order valence-corrected chi connectivity index (χ1v) is 7.11. The van der Waals surface area contributed by atoms with E-state index in [1.54, 1.807) is 12.1 Å². The molecule has 104 valence electrons. The highest BCUT2D eigenvalue weighted by Gasteiger charge is 2.08. The van der Waals surface area contributed by atoms with Crippen LogP contribution in [0, 0.1) is 0 Å². The Hall–Kier alpha value is -1.65. The molecule has 0 aliphatic heterocycles. The molecule has 0 amide bonds. The molecule has 2 aromatic carbocycles. The van der Waals surface area contributed by atoms with Crippen LogP contribution in [0.1, 0.15) is 21.5 Å². The van der Waals surface area contributed by atoms with Gasteiger partial charge in [-0.3, -0.25) is 0 Å². The van der Waals surface area contributed by atoms with Crippen molar-refractivity contribution in [1.82, 2.24) is 5.32 Å². The largest absolute Gasteiger partial charge is 0.465 e. The normalized spacial score (nSPS) is 10.3. The molecule has 3 nitrogen and oxygen atoms in total. The van der Waals surface area contributed by atoms with Crippen molar-refractivity contribution in [3.8, 4) is 0 Å². The smallest absolute Gasteiger partial charge is 0.337 e. The van der Waals surface area contributed by atoms with Crippen molar-refractivity contribution in [3.63, 3.8) is 0 Å². The molecule has 0 unspecified atom stereocenters. The zero-order valence-electron chi connectivity index (χ0n) is 11.2. The van der Waals surface area contributed by atoms with Gasteiger partial charge < -0.3 is 10.1 Å². The summed E-state index contributed by atoms with van der Waals surface area (Å²) < 4.78 is 5.60. The molecule has 2 aromatic rings. The van der Waals surface area contributed by atoms with Gasteiger partial charge >= 0.3 is 5.97 Å². The molecule has 0 fully saturated rings. The number of carbonyl (C=O) groups is 1. The van der Waals surface area contributed by atoms with Crippen molar-refractivity contribution in [2.75, 3.05) is 7.11 Å². The Morgan fingerprint density at radius 3 is 2.55 bits per heavy atom. The maximum absolute atomic E-state index is 11.4. The Morgan fingerprint density at radius 2 is 1.90 bits per heavy atom. The molecule has 0 spiro atoms. The Bertz CT molecular complexity index is 584. The van der Waals surface area contributed by atoms with Gasteiger partial charge in [-0.15, -0.1) is 0 Å². The lowest BCUT2D eigenvalue weighted by Gasteiger charge is -2.08. The highest BCUT2D eigenvalue weighted by atomic mass is 79.9. The van der Waals surface area contributed by atoms with Gasteiger partial charge in [0.05, 0.1) is 12.7 Å². The van der Waals surface area contributed by atoms with E-state index in [1.165, 1.54) is 12.7 Å². The average molecular weight is 334 g/mol. The molecule has 0 atom stereocenters. The lowest BCUT2D eigenvalue weighted by molar-refractivity contribution is 0.0600. The van der Waals surface area contributed by atoms with Crippen LogP contribution in [0.4, 0.5) is 0 Å². The third-order valence-electron chi connectivity index (χ3n) is 2.96. The molecule has 2 rings (SSSR count). The first-order valence-electron chi connectivity index (χ1n) is 6.32. The summed E-state index contributed by atoms with van der Waals surface area (Å²) in [5, 5.41) is 3.38. The number of hydrogen-bond acceptors (Lipinski definition) is 3. The minimum absolute atomic E-state index is 0.325. The van der Waals surface area contributed by atoms with Crippen molar-refractivity contribution in [3.05, 3.63) is 69.7 Å². The van der Waals surface area contributed by atoms with E-state index in [2.05, 4.69) is 33.4 Å². The molecule has 0 saturated carbocycles. The lowest BCUT2D eigenvalue weighted by Crippen LogP contribution is -2.13. The van der Waals surface area contributed by atoms with Crippen LogP contribution in [0.3, 0.4) is 0 Å². The van der Waals surface area contributed by atoms with E-state index < -0.39 is 0 Å². The van der Waals surface area contributed by atoms with Crippen LogP contribution in [-0.2, 0) is 17.8 Å². The number of carbonyl (C=O) groups excluding carboxylic acids is 1. The number of hydrogen-bond donors (Lipinski definition) is 1. The van der Waals surface area contributed by atoms with Gasteiger partial charge in [-0.05, 0) is 23.3 Å². The zero-order chi connectivity index (χ0) is 14.4. The lowest BCUT2D eigenvalue weighted by atomic mass is 10.1. The maximum atomic E-state index is 11.4. The zero-order valence-corrected chi connectivity index (χ0v) is 12.8. The van der Waals surface area contributed by atoms with Crippen molar-refractivity contribution in [2.24, 2.45) is 0 Å². The molecule has 0 bridgehead atoms. The van der Waals surface area contributed by atoms with Crippen LogP contribution in [0.15, 0.2) is 53.0 Å². The molecule has 4 heteroatoms. The summed E-state index contributed by atoms with van der Waals surface area (Å²) >= 11 is 3.48. The van der Waals surface area contributed by atoms with Crippen molar-refractivity contribution >= 4 is 21.9 Å². The van der Waals surface area contributed by atoms with E-state index in [0.717, 1.165) is 23.1 Å². The highest BCUT2D eigenvalue weighted by Crippen LogP contribution is 2.19. The highest BCUT2D eigenvalue weighted by molar-refractivity contribution is 9.10. The molecular weight excluding hydrogens is 318 g/mol. The Balaban J connectivity index is 1.95. The van der Waals surface area contributed by atoms with E-state index in [-0.39, 0.29) is 5.97 Å². The number of halogens is 1. The summed E-state index contributed by atoms with van der Waals surface area (Å²) in [6.45, 7) is 1.54. The number of methoxy groups -OCH3 is 1. The van der Waals surface area contributed by atoms with Gasteiger partial charge in [0.1, 0.15) is 0 Å². The first kappa shape index (κ1) is 14.8. The molecule has 0 aliphatic carbocycles. The number of nitrogens with one attached hydrogen (secondary N) is 1. The maximum Gasteiger partial charge on any atom is 0.337 e. The third-order valence-corrected chi connectivity index (χ3v) is 3.70. The Labute approximate surface area is 127 Å². The SMILES string of the molecule is COC(=O)c1ccc(CNCc2ccccc2)c(Br)c1. The topological polar surface area (TPSA) is 38.3 Å². The summed E-state index contributed by atoms with van der Waals surface area (Å²) in [7, 11) is 1.38. The van der Waals surface area contributed by atoms with Gasteiger partial charge in [0.15, 0.2) is 0 Å². The summed E-state index contributed by atoms with van der Waals surface area (Å²) in [5.41, 5.74) is 2.90. The fourth-order valence-electron chi connectivity index (χ4n) is 1.87. The second kappa shape index (κ2) is 7.22. The van der Waals surface area contributed by atoms with Gasteiger partial charge in [-0.2, -0.15) is 0 Å². The molecule has 0 radical (unpaired) electrons. The molecular formula is C16H16BrNO2. The molecule has 0 heterocycles. The summed E-state index contributed by atoms with van der Waals surface area (Å²) in [5.74, 6) is -0.325. The monoisotopic (exact) mass is 333 g/mol. The van der Waals surface area contributed by atoms with Gasteiger partial charge in [0.25, 0.3) is 0 Å². The first-order chi connectivity index (χ1) is 9.70. The molecule has 0 aliphatic rings. The minimum Gasteiger partial charge on any atom is -0.465 e. The van der Waals surface area contributed by atoms with Crippen LogP contribution in [-0.4, -0.2) is 13.1 Å². The van der Waals surface area contributed by atoms with Crippen LogP contribution in [0.5, 0.6) is 0 Å². The van der Waals surface area contributed by atoms with Crippen LogP contribution < -0.4 is 5.32 Å². The second-order valence-corrected chi connectivity index (χ2v) is 5.24. The number of esters is 1. The van der Waals surface area contributed by atoms with Crippen LogP contribution >= 0.6 is 15.9 Å². The van der Waals surface area contributed by atoms with Gasteiger partial charge in [0, 0.05) is 17.6 Å². The minimum atomic E-state index is -0.325. The van der Waals surface area contributed by atoms with Crippen molar-refractivity contribution < 1.29 is 9.53 Å². The van der Waals surface area contributed by atoms with E-state index in [4.69, 9.17) is 4.74 Å². The average Bonchev–Trinajstić information content (AvgIpc) is 2.49. The fraction of sp³-hybridized carbons (Fsp3) is 0.188. The van der Waals surface area contributed by atoms with E-state index >= 15 is 0 Å². The van der Waals surface area contributed by atoms with Gasteiger partial charge in [0.2, 0.25) is 0 Å². The van der Waals surface area contributed by atoms with E-state index in [0.29, 0.717) is 5.56 Å². The van der Waals surface area contributed by atoms with E-state index in [9.17, 15) is 4.79 Å². The number of benzene rings is 2. The van der Waals surface area contributed by atoms with Crippen LogP contribution in [0.25, 0.3) is 0 Å². The van der Waals surface area contributed by atoms with Gasteiger partial charge in [-0.25, -0.2) is 4.79 Å². The third kappa shape index (κ3) is 3.92. The quantitative estimate of drug-likeness (QED) is 0.850. The molecule has 0 aromatic heterocycles. The fourth-order valence-corrected chi connectivity index (χ4v) is 2.39. The predicted octanol–water partition coefficient (Wildman–Crippen LogP) is 3.53. The predicted molar refractivity (Wildman–Crippen MR) is 82.5 cm³/mol. The van der Waals surface area contributed by atoms with Crippen molar-refractivity contribution in [1.29, 1.82) is 0 Å². The molecule has 1 N–H and O–H groups in total. The number of rotatable bonds is 5. The number of ether oxygens (including phenoxy) is 1. The Morgan fingerprint density at radius 1 is 1.15 bits per heavy atom. The Kier molecular flexibility index (Phi) is 5.32. The van der Waals surface area contributed by atoms with Crippen molar-refractivity contribution in [2.45, 2.75) is 13.1 Å². The second-order valence-electron chi connectivity index (χ2n) is 4.39. The summed E-state index contributed by atoms with van der Waals surface area (Å²) in [6, 6.07) is 15.7. The summed E-state index contributed by atoms with van der Waals surface area (Å²) in [6.07, 6.45) is 0. The summed E-state index contributed by atoms with van der Waals surface area (Å²) in [4.78, 5) is 11.4. The van der Waals surface area contributed by atoms with Crippen LogP contribution in [0.2, 0.25) is 0 Å². The molecule has 20 heavy (non-hydrogen) atoms. The van der Waals surface area contributed by atoms with Gasteiger partial charge in [-0.1, -0.05) is 52.3 Å².